The summed E-state index contributed by atoms with van der Waals surface area (Å²) in [7, 11) is 0. The van der Waals surface area contributed by atoms with E-state index in [1.54, 1.807) is 6.07 Å². The summed E-state index contributed by atoms with van der Waals surface area (Å²) in [5.74, 6) is 0.284. The predicted octanol–water partition coefficient (Wildman–Crippen LogP) is 4.12. The summed E-state index contributed by atoms with van der Waals surface area (Å²) < 4.78 is 0. The van der Waals surface area contributed by atoms with Crippen molar-refractivity contribution in [1.82, 2.24) is 9.88 Å². The van der Waals surface area contributed by atoms with Gasteiger partial charge in [-0.05, 0) is 38.3 Å². The van der Waals surface area contributed by atoms with E-state index in [0.717, 1.165) is 18.7 Å². The highest BCUT2D eigenvalue weighted by molar-refractivity contribution is 6.29. The molecule has 1 heterocycles. The second kappa shape index (κ2) is 6.90. The third kappa shape index (κ3) is 4.20. The minimum absolute atomic E-state index is 0.0306. The lowest BCUT2D eigenvalue weighted by Crippen LogP contribution is -2.37. The molecule has 0 aromatic carbocycles. The molecule has 0 radical (unpaired) electrons. The molecule has 0 aliphatic rings. The molecule has 1 amide bonds. The molecule has 1 rings (SSSR count). The van der Waals surface area contributed by atoms with E-state index < -0.39 is 0 Å². The summed E-state index contributed by atoms with van der Waals surface area (Å²) in [5, 5.41) is 0.384. The largest absolute Gasteiger partial charge is 0.336 e. The summed E-state index contributed by atoms with van der Waals surface area (Å²) in [5.41, 5.74) is 1.49. The van der Waals surface area contributed by atoms with Gasteiger partial charge in [0, 0.05) is 23.8 Å². The first-order valence-corrected chi connectivity index (χ1v) is 7.23. The van der Waals surface area contributed by atoms with Gasteiger partial charge in [-0.25, -0.2) is 4.98 Å². The zero-order chi connectivity index (χ0) is 14.6. The van der Waals surface area contributed by atoms with E-state index in [9.17, 15) is 4.79 Å². The van der Waals surface area contributed by atoms with Gasteiger partial charge in [-0.15, -0.1) is 0 Å². The second-order valence-corrected chi connectivity index (χ2v) is 5.74. The predicted molar refractivity (Wildman–Crippen MR) is 79.8 cm³/mol. The number of halogens is 1. The molecule has 0 saturated heterocycles. The molecule has 0 atom stereocenters. The lowest BCUT2D eigenvalue weighted by atomic mass is 10.1. The Hall–Kier alpha value is -1.09. The van der Waals surface area contributed by atoms with Gasteiger partial charge in [0.2, 0.25) is 0 Å². The molecule has 4 heteroatoms. The first-order chi connectivity index (χ1) is 8.86. The van der Waals surface area contributed by atoms with Crippen LogP contribution in [0.2, 0.25) is 5.15 Å². The first-order valence-electron chi connectivity index (χ1n) is 6.85. The van der Waals surface area contributed by atoms with Crippen molar-refractivity contribution < 1.29 is 4.79 Å². The highest BCUT2D eigenvalue weighted by Gasteiger charge is 2.19. The molecule has 0 unspecified atom stereocenters. The Kier molecular flexibility index (Phi) is 5.80. The van der Waals surface area contributed by atoms with Gasteiger partial charge in [-0.3, -0.25) is 4.79 Å². The van der Waals surface area contributed by atoms with E-state index in [-0.39, 0.29) is 17.9 Å². The van der Waals surface area contributed by atoms with E-state index >= 15 is 0 Å². The molecule has 0 fully saturated rings. The molecule has 0 N–H and O–H groups in total. The van der Waals surface area contributed by atoms with Crippen LogP contribution in [0.1, 0.15) is 63.0 Å². The van der Waals surface area contributed by atoms with Crippen molar-refractivity contribution in [3.05, 3.63) is 28.5 Å². The lowest BCUT2D eigenvalue weighted by Gasteiger charge is -2.26. The lowest BCUT2D eigenvalue weighted by molar-refractivity contribution is 0.0705. The highest BCUT2D eigenvalue weighted by Crippen LogP contribution is 2.19. The standard InChI is InChI=1S/C15H23ClN2O/c1-6-7-18(11(4)5)15(19)12-8-13(10(2)3)17-14(16)9-12/h8-11H,6-7H2,1-5H3. The number of carbonyl (C=O) groups excluding carboxylic acids is 1. The van der Waals surface area contributed by atoms with Gasteiger partial charge in [-0.2, -0.15) is 0 Å². The van der Waals surface area contributed by atoms with Crippen LogP contribution in [0.15, 0.2) is 12.1 Å². The Morgan fingerprint density at radius 1 is 1.32 bits per heavy atom. The number of pyridine rings is 1. The van der Waals surface area contributed by atoms with Crippen LogP contribution >= 0.6 is 11.6 Å². The van der Waals surface area contributed by atoms with Crippen molar-refractivity contribution >= 4 is 17.5 Å². The summed E-state index contributed by atoms with van der Waals surface area (Å²) in [6.45, 7) is 11.0. The minimum atomic E-state index is 0.0306. The molecule has 3 nitrogen and oxygen atoms in total. The summed E-state index contributed by atoms with van der Waals surface area (Å²) in [6.07, 6.45) is 0.944. The molecule has 0 bridgehead atoms. The molecule has 0 saturated carbocycles. The van der Waals surface area contributed by atoms with Gasteiger partial charge in [0.1, 0.15) is 5.15 Å². The number of hydrogen-bond donors (Lipinski definition) is 0. The molecule has 19 heavy (non-hydrogen) atoms. The summed E-state index contributed by atoms with van der Waals surface area (Å²) in [6, 6.07) is 3.69. The van der Waals surface area contributed by atoms with E-state index in [1.165, 1.54) is 0 Å². The maximum absolute atomic E-state index is 12.5. The molecule has 0 spiro atoms. The van der Waals surface area contributed by atoms with Gasteiger partial charge in [0.05, 0.1) is 0 Å². The normalized spacial score (nSPS) is 11.2. The molecule has 0 aliphatic heterocycles. The zero-order valence-electron chi connectivity index (χ0n) is 12.4. The van der Waals surface area contributed by atoms with Gasteiger partial charge < -0.3 is 4.90 Å². The quantitative estimate of drug-likeness (QED) is 0.761. The van der Waals surface area contributed by atoms with Gasteiger partial charge in [0.15, 0.2) is 0 Å². The van der Waals surface area contributed by atoms with Gasteiger partial charge in [0.25, 0.3) is 5.91 Å². The fourth-order valence-electron chi connectivity index (χ4n) is 1.94. The Morgan fingerprint density at radius 3 is 2.42 bits per heavy atom. The SMILES string of the molecule is CCCN(C(=O)c1cc(Cl)nc(C(C)C)c1)C(C)C. The number of rotatable bonds is 5. The Labute approximate surface area is 121 Å². The van der Waals surface area contributed by atoms with Crippen molar-refractivity contribution in [2.45, 2.75) is 53.0 Å². The third-order valence-corrected chi connectivity index (χ3v) is 3.19. The van der Waals surface area contributed by atoms with Crippen LogP contribution in [0, 0.1) is 0 Å². The van der Waals surface area contributed by atoms with Crippen LogP contribution in [-0.4, -0.2) is 28.4 Å². The van der Waals surface area contributed by atoms with Crippen LogP contribution in [0.4, 0.5) is 0 Å². The fraction of sp³-hybridized carbons (Fsp3) is 0.600. The van der Waals surface area contributed by atoms with Crippen LogP contribution < -0.4 is 0 Å². The Morgan fingerprint density at radius 2 is 1.95 bits per heavy atom. The summed E-state index contributed by atoms with van der Waals surface area (Å²) >= 11 is 6.02. The van der Waals surface area contributed by atoms with Gasteiger partial charge in [-0.1, -0.05) is 32.4 Å². The van der Waals surface area contributed by atoms with Crippen LogP contribution in [0.25, 0.3) is 0 Å². The average Bonchev–Trinajstić information content (AvgIpc) is 2.33. The molecule has 0 aliphatic carbocycles. The first kappa shape index (κ1) is 16.0. The van der Waals surface area contributed by atoms with E-state index in [4.69, 9.17) is 11.6 Å². The number of aromatic nitrogens is 1. The number of carbonyl (C=O) groups is 1. The van der Waals surface area contributed by atoms with Gasteiger partial charge >= 0.3 is 0 Å². The van der Waals surface area contributed by atoms with Crippen molar-refractivity contribution in [1.29, 1.82) is 0 Å². The van der Waals surface area contributed by atoms with E-state index in [2.05, 4.69) is 11.9 Å². The van der Waals surface area contributed by atoms with Crippen molar-refractivity contribution in [2.24, 2.45) is 0 Å². The van der Waals surface area contributed by atoms with Crippen molar-refractivity contribution in [2.75, 3.05) is 6.54 Å². The number of hydrogen-bond acceptors (Lipinski definition) is 2. The topological polar surface area (TPSA) is 33.2 Å². The number of nitrogens with zero attached hydrogens (tertiary/aromatic N) is 2. The molecular formula is C15H23ClN2O. The molecule has 106 valence electrons. The molecule has 1 aromatic heterocycles. The van der Waals surface area contributed by atoms with Crippen molar-refractivity contribution in [3.8, 4) is 0 Å². The fourth-order valence-corrected chi connectivity index (χ4v) is 2.15. The van der Waals surface area contributed by atoms with Crippen LogP contribution in [-0.2, 0) is 0 Å². The maximum atomic E-state index is 12.5. The average molecular weight is 283 g/mol. The second-order valence-electron chi connectivity index (χ2n) is 5.35. The highest BCUT2D eigenvalue weighted by atomic mass is 35.5. The smallest absolute Gasteiger partial charge is 0.254 e. The monoisotopic (exact) mass is 282 g/mol. The van der Waals surface area contributed by atoms with Crippen LogP contribution in [0.3, 0.4) is 0 Å². The Bertz CT molecular complexity index is 444. The molecule has 1 aromatic rings. The molecular weight excluding hydrogens is 260 g/mol. The maximum Gasteiger partial charge on any atom is 0.254 e. The van der Waals surface area contributed by atoms with E-state index in [1.807, 2.05) is 38.7 Å². The van der Waals surface area contributed by atoms with Crippen molar-refractivity contribution in [3.63, 3.8) is 0 Å². The van der Waals surface area contributed by atoms with Crippen LogP contribution in [0.5, 0.6) is 0 Å². The summed E-state index contributed by atoms with van der Waals surface area (Å²) in [4.78, 5) is 18.7. The zero-order valence-corrected chi connectivity index (χ0v) is 13.2. The number of amides is 1. The third-order valence-electron chi connectivity index (χ3n) is 3.00. The minimum Gasteiger partial charge on any atom is -0.336 e. The Balaban J connectivity index is 3.10. The van der Waals surface area contributed by atoms with E-state index in [0.29, 0.717) is 10.7 Å².